The maximum Gasteiger partial charge on any atom is 0.0424 e. The van der Waals surface area contributed by atoms with E-state index in [9.17, 15) is 0 Å². The molecule has 3 nitrogen and oxygen atoms in total. The molecule has 2 N–H and O–H groups in total. The highest BCUT2D eigenvalue weighted by Crippen LogP contribution is 2.13. The Bertz CT molecular complexity index is 577. The van der Waals surface area contributed by atoms with Gasteiger partial charge in [0.1, 0.15) is 0 Å². The first kappa shape index (κ1) is 17.2. The van der Waals surface area contributed by atoms with E-state index >= 15 is 0 Å². The Labute approximate surface area is 146 Å². The van der Waals surface area contributed by atoms with Crippen LogP contribution in [0.2, 0.25) is 0 Å². The quantitative estimate of drug-likeness (QED) is 0.850. The van der Waals surface area contributed by atoms with Crippen LogP contribution in [0.4, 0.5) is 0 Å². The van der Waals surface area contributed by atoms with Crippen molar-refractivity contribution in [2.24, 2.45) is 5.73 Å². The lowest BCUT2D eigenvalue weighted by molar-refractivity contribution is 0.126. The van der Waals surface area contributed by atoms with Gasteiger partial charge in [0.15, 0.2) is 0 Å². The van der Waals surface area contributed by atoms with Crippen LogP contribution in [-0.2, 0) is 6.42 Å². The lowest BCUT2D eigenvalue weighted by Crippen LogP contribution is -2.48. The van der Waals surface area contributed by atoms with Crippen molar-refractivity contribution in [2.75, 3.05) is 39.3 Å². The number of aryl methyl sites for hydroxylation is 1. The molecule has 0 saturated carbocycles. The summed E-state index contributed by atoms with van der Waals surface area (Å²) < 4.78 is 0. The second-order valence-corrected chi connectivity index (χ2v) is 6.75. The van der Waals surface area contributed by atoms with E-state index in [0.717, 1.165) is 32.7 Å². The van der Waals surface area contributed by atoms with Crippen LogP contribution >= 0.6 is 0 Å². The summed E-state index contributed by atoms with van der Waals surface area (Å²) in [4.78, 5) is 5.10. The van der Waals surface area contributed by atoms with Gasteiger partial charge in [-0.3, -0.25) is 4.90 Å². The van der Waals surface area contributed by atoms with Gasteiger partial charge in [-0.1, -0.05) is 60.7 Å². The summed E-state index contributed by atoms with van der Waals surface area (Å²) >= 11 is 0. The molecule has 128 valence electrons. The molecule has 0 bridgehead atoms. The van der Waals surface area contributed by atoms with E-state index in [4.69, 9.17) is 5.73 Å². The van der Waals surface area contributed by atoms with Crippen molar-refractivity contribution < 1.29 is 0 Å². The number of hydrogen-bond acceptors (Lipinski definition) is 3. The Balaban J connectivity index is 1.35. The highest BCUT2D eigenvalue weighted by atomic mass is 15.3. The predicted molar refractivity (Wildman–Crippen MR) is 101 cm³/mol. The van der Waals surface area contributed by atoms with Gasteiger partial charge in [0, 0.05) is 38.8 Å². The third-order valence-electron chi connectivity index (χ3n) is 4.93. The van der Waals surface area contributed by atoms with Crippen molar-refractivity contribution in [1.82, 2.24) is 9.80 Å². The average molecular weight is 323 g/mol. The Morgan fingerprint density at radius 1 is 0.792 bits per heavy atom. The number of rotatable bonds is 7. The molecule has 1 fully saturated rings. The minimum absolute atomic E-state index is 0.121. The zero-order valence-corrected chi connectivity index (χ0v) is 14.5. The van der Waals surface area contributed by atoms with E-state index in [1.165, 1.54) is 30.5 Å². The Kier molecular flexibility index (Phi) is 6.41. The first-order chi connectivity index (χ1) is 11.8. The molecule has 3 heteroatoms. The number of piperazine rings is 1. The van der Waals surface area contributed by atoms with Gasteiger partial charge in [-0.05, 0) is 30.5 Å². The Hall–Kier alpha value is -1.68. The average Bonchev–Trinajstić information content (AvgIpc) is 2.65. The van der Waals surface area contributed by atoms with Crippen molar-refractivity contribution in [3.05, 3.63) is 71.8 Å². The zero-order valence-electron chi connectivity index (χ0n) is 14.5. The molecule has 0 aromatic heterocycles. The molecule has 0 radical (unpaired) electrons. The van der Waals surface area contributed by atoms with Crippen LogP contribution in [0.5, 0.6) is 0 Å². The van der Waals surface area contributed by atoms with Crippen molar-refractivity contribution in [2.45, 2.75) is 18.9 Å². The fraction of sp³-hybridized carbons (Fsp3) is 0.429. The maximum absolute atomic E-state index is 6.35. The summed E-state index contributed by atoms with van der Waals surface area (Å²) in [5.74, 6) is 0. The van der Waals surface area contributed by atoms with Gasteiger partial charge in [-0.15, -0.1) is 0 Å². The van der Waals surface area contributed by atoms with Crippen LogP contribution < -0.4 is 5.73 Å². The van der Waals surface area contributed by atoms with Gasteiger partial charge >= 0.3 is 0 Å². The van der Waals surface area contributed by atoms with Crippen LogP contribution in [0.1, 0.15) is 23.6 Å². The van der Waals surface area contributed by atoms with Gasteiger partial charge in [-0.2, -0.15) is 0 Å². The monoisotopic (exact) mass is 323 g/mol. The second kappa shape index (κ2) is 8.97. The standard InChI is InChI=1S/C21H29N3/c22-21(20-11-5-2-6-12-20)18-24-16-14-23(15-17-24)13-7-10-19-8-3-1-4-9-19/h1-6,8-9,11-12,21H,7,10,13-18,22H2/t21-/m1/s1. The maximum atomic E-state index is 6.35. The van der Waals surface area contributed by atoms with E-state index in [2.05, 4.69) is 64.4 Å². The lowest BCUT2D eigenvalue weighted by atomic mass is 10.1. The number of nitrogens with two attached hydrogens (primary N) is 1. The SMILES string of the molecule is N[C@H](CN1CCN(CCCc2ccccc2)CC1)c1ccccc1. The van der Waals surface area contributed by atoms with Gasteiger partial charge < -0.3 is 10.6 Å². The molecule has 0 spiro atoms. The molecule has 0 unspecified atom stereocenters. The van der Waals surface area contributed by atoms with Crippen LogP contribution in [0.25, 0.3) is 0 Å². The van der Waals surface area contributed by atoms with E-state index < -0.39 is 0 Å². The van der Waals surface area contributed by atoms with E-state index in [1.54, 1.807) is 0 Å². The molecule has 1 heterocycles. The summed E-state index contributed by atoms with van der Waals surface area (Å²) in [5.41, 5.74) is 9.04. The highest BCUT2D eigenvalue weighted by Gasteiger charge is 2.18. The van der Waals surface area contributed by atoms with Crippen LogP contribution in [0, 0.1) is 0 Å². The van der Waals surface area contributed by atoms with Crippen LogP contribution in [-0.4, -0.2) is 49.1 Å². The van der Waals surface area contributed by atoms with Crippen molar-refractivity contribution in [3.63, 3.8) is 0 Å². The Morgan fingerprint density at radius 3 is 2.04 bits per heavy atom. The highest BCUT2D eigenvalue weighted by molar-refractivity contribution is 5.18. The molecule has 2 aromatic carbocycles. The molecular formula is C21H29N3. The third-order valence-corrected chi connectivity index (χ3v) is 4.93. The topological polar surface area (TPSA) is 32.5 Å². The predicted octanol–water partition coefficient (Wildman–Crippen LogP) is 2.94. The lowest BCUT2D eigenvalue weighted by Gasteiger charge is -2.36. The minimum Gasteiger partial charge on any atom is -0.323 e. The molecule has 1 aliphatic rings. The summed E-state index contributed by atoms with van der Waals surface area (Å²) in [5, 5.41) is 0. The van der Waals surface area contributed by atoms with Gasteiger partial charge in [-0.25, -0.2) is 0 Å². The van der Waals surface area contributed by atoms with Gasteiger partial charge in [0.25, 0.3) is 0 Å². The molecule has 24 heavy (non-hydrogen) atoms. The molecular weight excluding hydrogens is 294 g/mol. The first-order valence-electron chi connectivity index (χ1n) is 9.10. The summed E-state index contributed by atoms with van der Waals surface area (Å²) in [6.07, 6.45) is 2.42. The molecule has 1 atom stereocenters. The summed E-state index contributed by atoms with van der Waals surface area (Å²) in [6, 6.07) is 21.4. The van der Waals surface area contributed by atoms with Crippen LogP contribution in [0.15, 0.2) is 60.7 Å². The van der Waals surface area contributed by atoms with Crippen molar-refractivity contribution >= 4 is 0 Å². The second-order valence-electron chi connectivity index (χ2n) is 6.75. The summed E-state index contributed by atoms with van der Waals surface area (Å²) in [6.45, 7) is 6.75. The molecule has 0 aliphatic carbocycles. The van der Waals surface area contributed by atoms with E-state index in [-0.39, 0.29) is 6.04 Å². The largest absolute Gasteiger partial charge is 0.323 e. The number of nitrogens with zero attached hydrogens (tertiary/aromatic N) is 2. The Morgan fingerprint density at radius 2 is 1.38 bits per heavy atom. The zero-order chi connectivity index (χ0) is 16.6. The first-order valence-corrected chi connectivity index (χ1v) is 9.10. The fourth-order valence-corrected chi connectivity index (χ4v) is 3.43. The number of benzene rings is 2. The molecule has 2 aromatic rings. The minimum atomic E-state index is 0.121. The van der Waals surface area contributed by atoms with Crippen molar-refractivity contribution in [1.29, 1.82) is 0 Å². The smallest absolute Gasteiger partial charge is 0.0424 e. The molecule has 3 rings (SSSR count). The van der Waals surface area contributed by atoms with E-state index in [0.29, 0.717) is 0 Å². The van der Waals surface area contributed by atoms with E-state index in [1.807, 2.05) is 6.07 Å². The third kappa shape index (κ3) is 5.17. The summed E-state index contributed by atoms with van der Waals surface area (Å²) in [7, 11) is 0. The fourth-order valence-electron chi connectivity index (χ4n) is 3.43. The van der Waals surface area contributed by atoms with Gasteiger partial charge in [0.2, 0.25) is 0 Å². The normalized spacial score (nSPS) is 17.7. The molecule has 0 amide bonds. The van der Waals surface area contributed by atoms with Crippen molar-refractivity contribution in [3.8, 4) is 0 Å². The molecule has 1 saturated heterocycles. The molecule has 1 aliphatic heterocycles. The number of hydrogen-bond donors (Lipinski definition) is 1. The van der Waals surface area contributed by atoms with Gasteiger partial charge in [0.05, 0.1) is 0 Å². The van der Waals surface area contributed by atoms with Crippen LogP contribution in [0.3, 0.4) is 0 Å².